The summed E-state index contributed by atoms with van der Waals surface area (Å²) in [6, 6.07) is 2.68. The van der Waals surface area contributed by atoms with Gasteiger partial charge >= 0.3 is 0 Å². The second-order valence-corrected chi connectivity index (χ2v) is 8.62. The van der Waals surface area contributed by atoms with Crippen LogP contribution in [0.25, 0.3) is 0 Å². The van der Waals surface area contributed by atoms with Gasteiger partial charge in [0, 0.05) is 25.2 Å². The fraction of sp³-hybridized carbons (Fsp3) is 0.571. The van der Waals surface area contributed by atoms with Crippen LogP contribution in [-0.4, -0.2) is 36.8 Å². The van der Waals surface area contributed by atoms with Crippen molar-refractivity contribution in [3.63, 3.8) is 0 Å². The maximum Gasteiger partial charge on any atom is 0.289 e. The molecular weight excluding hydrogens is 377 g/mol. The summed E-state index contributed by atoms with van der Waals surface area (Å²) in [6.07, 6.45) is 1.83. The van der Waals surface area contributed by atoms with E-state index in [0.29, 0.717) is 18.7 Å². The fourth-order valence-electron chi connectivity index (χ4n) is 3.64. The average Bonchev–Trinajstić information content (AvgIpc) is 3.03. The van der Waals surface area contributed by atoms with Crippen molar-refractivity contribution in [1.82, 2.24) is 4.31 Å². The molecule has 0 bridgehead atoms. The first-order valence-electron chi connectivity index (χ1n) is 7.42. The van der Waals surface area contributed by atoms with Crippen molar-refractivity contribution in [2.24, 2.45) is 17.6 Å². The molecule has 0 amide bonds. The Kier molecular flexibility index (Phi) is 5.46. The van der Waals surface area contributed by atoms with E-state index in [1.54, 1.807) is 6.92 Å². The number of benzene rings is 1. The lowest BCUT2D eigenvalue weighted by Crippen LogP contribution is -2.33. The molecule has 0 radical (unpaired) electrons. The molecule has 1 heterocycles. The normalized spacial score (nSPS) is 26.9. The predicted octanol–water partition coefficient (Wildman–Crippen LogP) is 2.34. The Bertz CT molecular complexity index is 772. The van der Waals surface area contributed by atoms with Gasteiger partial charge in [0.15, 0.2) is 0 Å². The highest BCUT2D eigenvalue weighted by molar-refractivity contribution is 7.89. The van der Waals surface area contributed by atoms with Gasteiger partial charge in [-0.2, -0.15) is 4.31 Å². The van der Waals surface area contributed by atoms with E-state index in [0.717, 1.165) is 12.8 Å². The molecule has 1 aliphatic heterocycles. The average molecular weight is 396 g/mol. The molecule has 0 aromatic heterocycles. The Morgan fingerprint density at radius 3 is 2.58 bits per heavy atom. The van der Waals surface area contributed by atoms with Gasteiger partial charge in [0.1, 0.15) is 9.92 Å². The van der Waals surface area contributed by atoms with Crippen LogP contribution in [0.2, 0.25) is 5.02 Å². The molecule has 0 spiro atoms. The molecule has 10 heteroatoms. The molecule has 24 heavy (non-hydrogen) atoms. The van der Waals surface area contributed by atoms with Crippen LogP contribution in [0, 0.1) is 28.9 Å². The number of fused-ring (bicyclic) bond motifs is 1. The second-order valence-electron chi connectivity index (χ2n) is 6.34. The summed E-state index contributed by atoms with van der Waals surface area (Å²) in [7, 11) is -3.87. The van der Waals surface area contributed by atoms with E-state index in [4.69, 9.17) is 17.3 Å². The third-order valence-corrected chi connectivity index (χ3v) is 7.22. The lowest BCUT2D eigenvalue weighted by molar-refractivity contribution is -0.385. The molecule has 1 saturated carbocycles. The molecule has 7 nitrogen and oxygen atoms in total. The standard InChI is InChI=1S/C14H18ClN3O4S.ClH/c1-8-4-12(18(19)20)14(15)13(5-8)23(21,22)17-6-9-2-3-11(16)10(9)7-17;/h4-5,9-11H,2-3,6-7,16H2,1H3;1H. The van der Waals surface area contributed by atoms with Crippen LogP contribution >= 0.6 is 24.0 Å². The van der Waals surface area contributed by atoms with Gasteiger partial charge in [-0.25, -0.2) is 8.42 Å². The van der Waals surface area contributed by atoms with Crippen LogP contribution in [0.4, 0.5) is 5.69 Å². The number of nitrogens with zero attached hydrogens (tertiary/aromatic N) is 2. The summed E-state index contributed by atoms with van der Waals surface area (Å²) in [6.45, 7) is 2.36. The molecule has 3 atom stereocenters. The van der Waals surface area contributed by atoms with Crippen LogP contribution < -0.4 is 5.73 Å². The Morgan fingerprint density at radius 1 is 1.33 bits per heavy atom. The van der Waals surface area contributed by atoms with E-state index < -0.39 is 14.9 Å². The number of halogens is 2. The minimum Gasteiger partial charge on any atom is -0.327 e. The summed E-state index contributed by atoms with van der Waals surface area (Å²) in [5.41, 5.74) is 6.14. The van der Waals surface area contributed by atoms with Gasteiger partial charge in [-0.1, -0.05) is 11.6 Å². The summed E-state index contributed by atoms with van der Waals surface area (Å²) in [4.78, 5) is 10.2. The highest BCUT2D eigenvalue weighted by Crippen LogP contribution is 2.41. The summed E-state index contributed by atoms with van der Waals surface area (Å²) in [5, 5.41) is 10.7. The lowest BCUT2D eigenvalue weighted by atomic mass is 9.98. The fourth-order valence-corrected chi connectivity index (χ4v) is 5.81. The van der Waals surface area contributed by atoms with Crippen molar-refractivity contribution < 1.29 is 13.3 Å². The van der Waals surface area contributed by atoms with Crippen molar-refractivity contribution in [3.8, 4) is 0 Å². The van der Waals surface area contributed by atoms with Crippen LogP contribution in [0.5, 0.6) is 0 Å². The number of sulfonamides is 1. The smallest absolute Gasteiger partial charge is 0.289 e. The summed E-state index contributed by atoms with van der Waals surface area (Å²) in [5.74, 6) is 0.418. The topological polar surface area (TPSA) is 107 Å². The van der Waals surface area contributed by atoms with Gasteiger partial charge in [-0.15, -0.1) is 12.4 Å². The Hall–Kier alpha value is -0.930. The molecule has 2 aliphatic rings. The molecule has 3 unspecified atom stereocenters. The molecule has 3 rings (SSSR count). The first-order chi connectivity index (χ1) is 10.7. The van der Waals surface area contributed by atoms with Crippen molar-refractivity contribution >= 4 is 39.7 Å². The van der Waals surface area contributed by atoms with E-state index in [1.807, 2.05) is 0 Å². The van der Waals surface area contributed by atoms with Crippen molar-refractivity contribution in [2.75, 3.05) is 13.1 Å². The number of nitro benzene ring substituents is 1. The van der Waals surface area contributed by atoms with Gasteiger partial charge in [0.25, 0.3) is 5.69 Å². The number of nitro groups is 1. The maximum atomic E-state index is 12.9. The zero-order valence-corrected chi connectivity index (χ0v) is 15.4. The highest BCUT2D eigenvalue weighted by atomic mass is 35.5. The zero-order chi connectivity index (χ0) is 16.9. The van der Waals surface area contributed by atoms with Crippen molar-refractivity contribution in [2.45, 2.75) is 30.7 Å². The van der Waals surface area contributed by atoms with Gasteiger partial charge in [-0.05, 0) is 43.2 Å². The second kappa shape index (κ2) is 6.76. The van der Waals surface area contributed by atoms with Crippen molar-refractivity contribution in [3.05, 3.63) is 32.8 Å². The van der Waals surface area contributed by atoms with Crippen molar-refractivity contribution in [1.29, 1.82) is 0 Å². The Labute approximate surface area is 151 Å². The number of nitrogens with two attached hydrogens (primary N) is 1. The minimum atomic E-state index is -3.87. The van der Waals surface area contributed by atoms with Gasteiger partial charge < -0.3 is 5.73 Å². The van der Waals surface area contributed by atoms with E-state index in [-0.39, 0.29) is 45.9 Å². The number of rotatable bonds is 3. The largest absolute Gasteiger partial charge is 0.327 e. The van der Waals surface area contributed by atoms with Crippen LogP contribution in [0.3, 0.4) is 0 Å². The first kappa shape index (κ1) is 19.4. The minimum absolute atomic E-state index is 0. The lowest BCUT2D eigenvalue weighted by Gasteiger charge is -2.19. The molecule has 1 aromatic rings. The maximum absolute atomic E-state index is 12.9. The Morgan fingerprint density at radius 2 is 2.00 bits per heavy atom. The monoisotopic (exact) mass is 395 g/mol. The Balaban J connectivity index is 0.00000208. The predicted molar refractivity (Wildman–Crippen MR) is 93.0 cm³/mol. The van der Waals surface area contributed by atoms with Gasteiger partial charge in [0.05, 0.1) is 4.92 Å². The van der Waals surface area contributed by atoms with E-state index in [2.05, 4.69) is 0 Å². The quantitative estimate of drug-likeness (QED) is 0.624. The first-order valence-corrected chi connectivity index (χ1v) is 9.24. The third-order valence-electron chi connectivity index (χ3n) is 4.86. The van der Waals surface area contributed by atoms with Crippen LogP contribution in [0.1, 0.15) is 18.4 Å². The summed E-state index contributed by atoms with van der Waals surface area (Å²) >= 11 is 6.02. The molecule has 2 fully saturated rings. The van der Waals surface area contributed by atoms with E-state index in [1.165, 1.54) is 16.4 Å². The zero-order valence-electron chi connectivity index (χ0n) is 13.0. The molecular formula is C14H19Cl2N3O4S. The van der Waals surface area contributed by atoms with E-state index in [9.17, 15) is 18.5 Å². The van der Waals surface area contributed by atoms with Gasteiger partial charge in [-0.3, -0.25) is 10.1 Å². The third kappa shape index (κ3) is 3.13. The van der Waals surface area contributed by atoms with Gasteiger partial charge in [0.2, 0.25) is 10.0 Å². The number of hydrogen-bond donors (Lipinski definition) is 1. The molecule has 1 aliphatic carbocycles. The number of aryl methyl sites for hydroxylation is 1. The molecule has 134 valence electrons. The molecule has 2 N–H and O–H groups in total. The number of hydrogen-bond acceptors (Lipinski definition) is 5. The van der Waals surface area contributed by atoms with Crippen LogP contribution in [0.15, 0.2) is 17.0 Å². The highest BCUT2D eigenvalue weighted by Gasteiger charge is 2.45. The SMILES string of the molecule is Cc1cc([N+](=O)[O-])c(Cl)c(S(=O)(=O)N2CC3CCC(N)C3C2)c1.Cl. The van der Waals surface area contributed by atoms with Crippen LogP contribution in [-0.2, 0) is 10.0 Å². The van der Waals surface area contributed by atoms with E-state index >= 15 is 0 Å². The molecule has 1 saturated heterocycles. The summed E-state index contributed by atoms with van der Waals surface area (Å²) < 4.78 is 27.2. The molecule has 1 aromatic carbocycles.